The number of hydrogen-bond acceptors (Lipinski definition) is 9. The lowest BCUT2D eigenvalue weighted by Crippen LogP contribution is -2.58. The number of nitrogens with two attached hydrogens (primary N) is 4. The van der Waals surface area contributed by atoms with E-state index in [2.05, 4.69) is 30.9 Å². The molecular formula is C21H34N10O8. The number of carbonyl (C=O) groups is 6. The van der Waals surface area contributed by atoms with E-state index in [0.29, 0.717) is 12.1 Å². The van der Waals surface area contributed by atoms with Gasteiger partial charge < -0.3 is 54.1 Å². The number of nitrogens with one attached hydrogen (secondary N) is 4. The summed E-state index contributed by atoms with van der Waals surface area (Å²) in [5.74, 6) is -6.54. The fourth-order valence-electron chi connectivity index (χ4n) is 3.24. The van der Waals surface area contributed by atoms with Gasteiger partial charge in [0.1, 0.15) is 18.1 Å². The zero-order valence-corrected chi connectivity index (χ0v) is 21.0. The Bertz CT molecular complexity index is 1040. The van der Waals surface area contributed by atoms with Crippen molar-refractivity contribution in [1.82, 2.24) is 25.9 Å². The van der Waals surface area contributed by atoms with Crippen LogP contribution in [-0.4, -0.2) is 92.4 Å². The Morgan fingerprint density at radius 3 is 2.08 bits per heavy atom. The third kappa shape index (κ3) is 12.9. The van der Waals surface area contributed by atoms with Crippen molar-refractivity contribution in [1.29, 1.82) is 0 Å². The zero-order valence-electron chi connectivity index (χ0n) is 21.0. The van der Waals surface area contributed by atoms with Gasteiger partial charge in [-0.1, -0.05) is 0 Å². The van der Waals surface area contributed by atoms with E-state index in [9.17, 15) is 33.9 Å². The summed E-state index contributed by atoms with van der Waals surface area (Å²) in [6.45, 7) is 0.211. The number of carbonyl (C=O) groups excluding carboxylic acids is 4. The largest absolute Gasteiger partial charge is 0.481 e. The lowest BCUT2D eigenvalue weighted by atomic mass is 10.1. The number of carboxylic acids is 2. The zero-order chi connectivity index (χ0) is 29.5. The molecule has 1 aromatic heterocycles. The molecule has 1 rings (SSSR count). The van der Waals surface area contributed by atoms with Gasteiger partial charge in [0.05, 0.1) is 18.8 Å². The quantitative estimate of drug-likeness (QED) is 0.0467. The second kappa shape index (κ2) is 16.2. The maximum Gasteiger partial charge on any atom is 0.326 e. The van der Waals surface area contributed by atoms with Crippen LogP contribution in [-0.2, 0) is 35.2 Å². The molecule has 18 nitrogen and oxygen atoms in total. The molecule has 0 saturated carbocycles. The highest BCUT2D eigenvalue weighted by atomic mass is 16.4. The number of primary amides is 1. The number of imidazole rings is 1. The first-order chi connectivity index (χ1) is 18.3. The molecule has 0 aliphatic carbocycles. The number of aliphatic imine (C=N–C) groups is 1. The van der Waals surface area contributed by atoms with Gasteiger partial charge in [-0.3, -0.25) is 29.0 Å². The Hall–Kier alpha value is -4.74. The van der Waals surface area contributed by atoms with Crippen molar-refractivity contribution in [2.45, 2.75) is 62.7 Å². The first kappa shape index (κ1) is 32.3. The molecule has 0 fully saturated rings. The number of nitrogens with zero attached hydrogens (tertiary/aromatic N) is 2. The van der Waals surface area contributed by atoms with Crippen LogP contribution in [0.2, 0.25) is 0 Å². The summed E-state index contributed by atoms with van der Waals surface area (Å²) >= 11 is 0. The Morgan fingerprint density at radius 2 is 1.54 bits per heavy atom. The van der Waals surface area contributed by atoms with Gasteiger partial charge in [-0.15, -0.1) is 0 Å². The molecular weight excluding hydrogens is 520 g/mol. The van der Waals surface area contributed by atoms with E-state index in [-0.39, 0.29) is 25.3 Å². The fraction of sp³-hybridized carbons (Fsp3) is 0.524. The number of aromatic nitrogens is 2. The average Bonchev–Trinajstić information content (AvgIpc) is 3.35. The van der Waals surface area contributed by atoms with Crippen molar-refractivity contribution in [3.63, 3.8) is 0 Å². The maximum absolute atomic E-state index is 13.0. The summed E-state index contributed by atoms with van der Waals surface area (Å²) < 4.78 is 0. The molecule has 0 radical (unpaired) electrons. The van der Waals surface area contributed by atoms with E-state index in [1.807, 2.05) is 0 Å². The van der Waals surface area contributed by atoms with Crippen molar-refractivity contribution >= 4 is 41.5 Å². The molecule has 39 heavy (non-hydrogen) atoms. The minimum Gasteiger partial charge on any atom is -0.481 e. The lowest BCUT2D eigenvalue weighted by molar-refractivity contribution is -0.143. The molecule has 0 bridgehead atoms. The van der Waals surface area contributed by atoms with Crippen LogP contribution in [0.4, 0.5) is 0 Å². The third-order valence-electron chi connectivity index (χ3n) is 5.22. The molecule has 0 aliphatic heterocycles. The minimum absolute atomic E-state index is 0.128. The smallest absolute Gasteiger partial charge is 0.326 e. The molecule has 216 valence electrons. The first-order valence-electron chi connectivity index (χ1n) is 11.7. The molecule has 4 atom stereocenters. The monoisotopic (exact) mass is 554 g/mol. The number of guanidine groups is 1. The van der Waals surface area contributed by atoms with Crippen molar-refractivity contribution in [3.05, 3.63) is 18.2 Å². The van der Waals surface area contributed by atoms with Gasteiger partial charge in [-0.25, -0.2) is 9.78 Å². The number of aliphatic carboxylic acids is 2. The van der Waals surface area contributed by atoms with E-state index < -0.39 is 79.0 Å². The van der Waals surface area contributed by atoms with Crippen LogP contribution in [0.15, 0.2) is 17.5 Å². The van der Waals surface area contributed by atoms with Crippen LogP contribution in [0.3, 0.4) is 0 Å². The molecule has 0 spiro atoms. The van der Waals surface area contributed by atoms with Gasteiger partial charge in [0.2, 0.25) is 23.6 Å². The van der Waals surface area contributed by atoms with Crippen LogP contribution in [0, 0.1) is 0 Å². The van der Waals surface area contributed by atoms with Crippen LogP contribution in [0.25, 0.3) is 0 Å². The first-order valence-corrected chi connectivity index (χ1v) is 11.7. The topological polar surface area (TPSA) is 324 Å². The SMILES string of the molecule is NC(=O)CC(NC(=O)C(N)CCCN=C(N)N)C(=O)NC(Cc1cnc[nH]1)C(=O)NC(CCC(=O)O)C(=O)O. The van der Waals surface area contributed by atoms with E-state index in [1.54, 1.807) is 0 Å². The Kier molecular flexibility index (Phi) is 13.4. The molecule has 0 saturated heterocycles. The molecule has 4 amide bonds. The van der Waals surface area contributed by atoms with Crippen molar-refractivity contribution in [2.24, 2.45) is 27.9 Å². The highest BCUT2D eigenvalue weighted by molar-refractivity contribution is 5.96. The molecule has 0 aromatic carbocycles. The van der Waals surface area contributed by atoms with Crippen molar-refractivity contribution in [2.75, 3.05) is 6.54 Å². The standard InChI is InChI=1S/C21H34N10O8/c22-11(2-1-5-27-21(24)25)17(35)30-14(7-15(23)32)19(37)31-13(6-10-8-26-9-28-10)18(36)29-12(20(38)39)3-4-16(33)34/h8-9,11-14H,1-7,22H2,(H2,23,32)(H,26,28)(H,29,36)(H,30,35)(H,31,37)(H,33,34)(H,38,39)(H4,24,25,27). The van der Waals surface area contributed by atoms with Crippen LogP contribution < -0.4 is 38.9 Å². The molecule has 18 heteroatoms. The average molecular weight is 555 g/mol. The van der Waals surface area contributed by atoms with Gasteiger partial charge in [-0.05, 0) is 19.3 Å². The minimum atomic E-state index is -1.56. The van der Waals surface area contributed by atoms with Crippen molar-refractivity contribution < 1.29 is 39.0 Å². The number of hydrogen-bond donors (Lipinski definition) is 10. The maximum atomic E-state index is 13.0. The number of amides is 4. The summed E-state index contributed by atoms with van der Waals surface area (Å²) in [6, 6.07) is -5.58. The Balaban J connectivity index is 3.00. The van der Waals surface area contributed by atoms with Crippen molar-refractivity contribution in [3.8, 4) is 0 Å². The third-order valence-corrected chi connectivity index (χ3v) is 5.22. The van der Waals surface area contributed by atoms with E-state index in [4.69, 9.17) is 28.0 Å². The predicted octanol–water partition coefficient (Wildman–Crippen LogP) is -4.39. The predicted molar refractivity (Wildman–Crippen MR) is 134 cm³/mol. The second-order valence-electron chi connectivity index (χ2n) is 8.46. The molecule has 14 N–H and O–H groups in total. The number of H-pyrrole nitrogens is 1. The molecule has 4 unspecified atom stereocenters. The van der Waals surface area contributed by atoms with E-state index >= 15 is 0 Å². The Labute approximate surface area is 222 Å². The summed E-state index contributed by atoms with van der Waals surface area (Å²) in [5, 5.41) is 25.1. The van der Waals surface area contributed by atoms with Gasteiger partial charge in [0, 0.05) is 31.3 Å². The molecule has 1 heterocycles. The number of aromatic amines is 1. The highest BCUT2D eigenvalue weighted by Crippen LogP contribution is 2.05. The number of rotatable bonds is 18. The second-order valence-corrected chi connectivity index (χ2v) is 8.46. The van der Waals surface area contributed by atoms with Gasteiger partial charge in [0.25, 0.3) is 0 Å². The fourth-order valence-corrected chi connectivity index (χ4v) is 3.24. The summed E-state index contributed by atoms with van der Waals surface area (Å²) in [6.07, 6.45) is 1.39. The van der Waals surface area contributed by atoms with Crippen LogP contribution in [0.5, 0.6) is 0 Å². The van der Waals surface area contributed by atoms with Crippen LogP contribution in [0.1, 0.15) is 37.8 Å². The molecule has 0 aliphatic rings. The normalized spacial score (nSPS) is 13.7. The summed E-state index contributed by atoms with van der Waals surface area (Å²) in [4.78, 5) is 82.7. The highest BCUT2D eigenvalue weighted by Gasteiger charge is 2.31. The van der Waals surface area contributed by atoms with Gasteiger partial charge in [0.15, 0.2) is 5.96 Å². The Morgan fingerprint density at radius 1 is 0.923 bits per heavy atom. The van der Waals surface area contributed by atoms with Crippen LogP contribution >= 0.6 is 0 Å². The molecule has 1 aromatic rings. The lowest BCUT2D eigenvalue weighted by Gasteiger charge is -2.24. The van der Waals surface area contributed by atoms with Gasteiger partial charge >= 0.3 is 11.9 Å². The van der Waals surface area contributed by atoms with E-state index in [1.165, 1.54) is 12.5 Å². The number of carboxylic acid groups (broad SMARTS) is 2. The van der Waals surface area contributed by atoms with E-state index in [0.717, 1.165) is 0 Å². The summed E-state index contributed by atoms with van der Waals surface area (Å²) in [7, 11) is 0. The summed E-state index contributed by atoms with van der Waals surface area (Å²) in [5.41, 5.74) is 21.9. The van der Waals surface area contributed by atoms with Gasteiger partial charge in [-0.2, -0.15) is 0 Å².